The van der Waals surface area contributed by atoms with Crippen LogP contribution in [0.5, 0.6) is 0 Å². The van der Waals surface area contributed by atoms with Crippen molar-refractivity contribution in [3.63, 3.8) is 0 Å². The molecule has 0 aromatic carbocycles. The van der Waals surface area contributed by atoms with Crippen LogP contribution >= 0.6 is 0 Å². The first-order chi connectivity index (χ1) is 8.00. The van der Waals surface area contributed by atoms with Gasteiger partial charge in [-0.1, -0.05) is 26.8 Å². The quantitative estimate of drug-likeness (QED) is 0.722. The maximum absolute atomic E-state index is 10.3. The summed E-state index contributed by atoms with van der Waals surface area (Å²) in [5.74, 6) is 3.04. The molecule has 0 amide bonds. The van der Waals surface area contributed by atoms with Gasteiger partial charge in [0.05, 0.1) is 12.7 Å². The third-order valence-corrected chi connectivity index (χ3v) is 5.97. The van der Waals surface area contributed by atoms with E-state index in [1.165, 1.54) is 12.8 Å². The van der Waals surface area contributed by atoms with Gasteiger partial charge in [-0.05, 0) is 53.4 Å². The van der Waals surface area contributed by atoms with Gasteiger partial charge in [-0.25, -0.2) is 0 Å². The zero-order chi connectivity index (χ0) is 12.4. The monoisotopic (exact) mass is 236 g/mol. The molecule has 96 valence electrons. The van der Waals surface area contributed by atoms with E-state index in [0.29, 0.717) is 23.7 Å². The van der Waals surface area contributed by atoms with Gasteiger partial charge in [0.1, 0.15) is 0 Å². The molecule has 0 spiro atoms. The van der Waals surface area contributed by atoms with Crippen molar-refractivity contribution >= 4 is 0 Å². The fourth-order valence-electron chi connectivity index (χ4n) is 5.33. The summed E-state index contributed by atoms with van der Waals surface area (Å²) >= 11 is 0. The van der Waals surface area contributed by atoms with Crippen molar-refractivity contribution in [1.82, 2.24) is 0 Å². The fraction of sp³-hybridized carbons (Fsp3) is 0.867. The Bertz CT molecular complexity index is 360. The molecule has 17 heavy (non-hydrogen) atoms. The lowest BCUT2D eigenvalue weighted by Gasteiger charge is -2.71. The maximum Gasteiger partial charge on any atom is 0.0761 e. The molecule has 6 unspecified atom stereocenters. The van der Waals surface area contributed by atoms with Gasteiger partial charge in [0, 0.05) is 0 Å². The zero-order valence-electron chi connectivity index (χ0n) is 11.1. The summed E-state index contributed by atoms with van der Waals surface area (Å²) in [5.41, 5.74) is 1.38. The average molecular weight is 236 g/mol. The van der Waals surface area contributed by atoms with Gasteiger partial charge in [0.2, 0.25) is 0 Å². The molecular formula is C15H24O2. The van der Waals surface area contributed by atoms with E-state index in [0.717, 1.165) is 11.5 Å². The highest BCUT2D eigenvalue weighted by atomic mass is 16.3. The predicted octanol–water partition coefficient (Wildman–Crippen LogP) is 2.21. The minimum Gasteiger partial charge on any atom is -0.392 e. The van der Waals surface area contributed by atoms with Crippen molar-refractivity contribution in [1.29, 1.82) is 0 Å². The summed E-state index contributed by atoms with van der Waals surface area (Å²) < 4.78 is 0. The predicted molar refractivity (Wildman–Crippen MR) is 67.3 cm³/mol. The van der Waals surface area contributed by atoms with Gasteiger partial charge < -0.3 is 10.2 Å². The van der Waals surface area contributed by atoms with E-state index < -0.39 is 0 Å². The minimum absolute atomic E-state index is 0.130. The molecule has 0 aromatic rings. The average Bonchev–Trinajstić information content (AvgIpc) is 2.28. The second kappa shape index (κ2) is 3.58. The lowest BCUT2D eigenvalue weighted by atomic mass is 9.34. The third kappa shape index (κ3) is 1.29. The van der Waals surface area contributed by atoms with Crippen LogP contribution < -0.4 is 0 Å². The van der Waals surface area contributed by atoms with Crippen molar-refractivity contribution in [3.05, 3.63) is 11.6 Å². The number of rotatable bonds is 2. The number of hydrogen-bond acceptors (Lipinski definition) is 2. The van der Waals surface area contributed by atoms with Crippen molar-refractivity contribution in [2.24, 2.45) is 35.0 Å². The summed E-state index contributed by atoms with van der Waals surface area (Å²) in [6.07, 6.45) is 4.13. The number of hydrogen-bond donors (Lipinski definition) is 2. The van der Waals surface area contributed by atoms with Crippen LogP contribution in [0.1, 0.15) is 33.6 Å². The van der Waals surface area contributed by atoms with Crippen LogP contribution in [-0.4, -0.2) is 22.9 Å². The highest BCUT2D eigenvalue weighted by Gasteiger charge is 2.68. The van der Waals surface area contributed by atoms with Crippen LogP contribution in [0.15, 0.2) is 11.6 Å². The summed E-state index contributed by atoms with van der Waals surface area (Å²) in [6, 6.07) is 0. The Morgan fingerprint density at radius 3 is 2.76 bits per heavy atom. The molecule has 0 radical (unpaired) electrons. The molecule has 0 saturated heterocycles. The fourth-order valence-corrected chi connectivity index (χ4v) is 5.33. The number of aliphatic hydroxyl groups is 2. The first-order valence-electron chi connectivity index (χ1n) is 7.00. The van der Waals surface area contributed by atoms with Gasteiger partial charge in [0.15, 0.2) is 0 Å². The Kier molecular flexibility index (Phi) is 2.47. The highest BCUT2D eigenvalue weighted by molar-refractivity contribution is 5.32. The van der Waals surface area contributed by atoms with Crippen molar-refractivity contribution < 1.29 is 10.2 Å². The van der Waals surface area contributed by atoms with E-state index in [9.17, 15) is 10.2 Å². The van der Waals surface area contributed by atoms with Crippen molar-refractivity contribution in [3.8, 4) is 0 Å². The Balaban J connectivity index is 1.98. The van der Waals surface area contributed by atoms with Crippen LogP contribution in [0.3, 0.4) is 0 Å². The molecule has 2 N–H and O–H groups in total. The summed E-state index contributed by atoms with van der Waals surface area (Å²) in [5, 5.41) is 19.8. The number of fused-ring (bicyclic) bond motifs is 2. The molecule has 4 aliphatic rings. The van der Waals surface area contributed by atoms with Crippen LogP contribution in [0, 0.1) is 35.0 Å². The second-order valence-corrected chi connectivity index (χ2v) is 6.92. The lowest BCUT2D eigenvalue weighted by molar-refractivity contribution is -0.217. The first-order valence-corrected chi connectivity index (χ1v) is 7.00. The largest absolute Gasteiger partial charge is 0.392 e. The Morgan fingerprint density at radius 1 is 1.47 bits per heavy atom. The molecule has 6 atom stereocenters. The third-order valence-electron chi connectivity index (χ3n) is 5.97. The topological polar surface area (TPSA) is 40.5 Å². The Morgan fingerprint density at radius 2 is 2.18 bits per heavy atom. The SMILES string of the molecule is CC(C)C1CCC2(C)C3C(CO)=CC(O)C2C13. The maximum atomic E-state index is 10.3. The molecule has 4 aliphatic carbocycles. The molecule has 0 aliphatic heterocycles. The molecular weight excluding hydrogens is 212 g/mol. The van der Waals surface area contributed by atoms with E-state index in [2.05, 4.69) is 20.8 Å². The molecule has 3 saturated carbocycles. The van der Waals surface area contributed by atoms with Gasteiger partial charge in [0.25, 0.3) is 0 Å². The normalized spacial score (nSPS) is 52.1. The zero-order valence-corrected chi connectivity index (χ0v) is 11.1. The van der Waals surface area contributed by atoms with Crippen LogP contribution in [0.25, 0.3) is 0 Å². The smallest absolute Gasteiger partial charge is 0.0761 e. The molecule has 0 heterocycles. The molecule has 2 heteroatoms. The van der Waals surface area contributed by atoms with E-state index >= 15 is 0 Å². The number of aliphatic hydroxyl groups excluding tert-OH is 2. The van der Waals surface area contributed by atoms with Gasteiger partial charge in [-0.15, -0.1) is 0 Å². The summed E-state index contributed by atoms with van der Waals surface area (Å²) in [7, 11) is 0. The highest BCUT2D eigenvalue weighted by Crippen LogP contribution is 2.71. The van der Waals surface area contributed by atoms with E-state index in [-0.39, 0.29) is 18.1 Å². The van der Waals surface area contributed by atoms with E-state index in [1.54, 1.807) is 0 Å². The Hall–Kier alpha value is -0.340. The molecule has 2 nitrogen and oxygen atoms in total. The van der Waals surface area contributed by atoms with E-state index in [4.69, 9.17) is 0 Å². The minimum atomic E-state index is -0.321. The summed E-state index contributed by atoms with van der Waals surface area (Å²) in [6.45, 7) is 7.05. The molecule has 3 fully saturated rings. The molecule has 4 bridgehead atoms. The van der Waals surface area contributed by atoms with Crippen molar-refractivity contribution in [2.45, 2.75) is 39.7 Å². The van der Waals surface area contributed by atoms with E-state index in [1.807, 2.05) is 6.08 Å². The Labute approximate surface area is 104 Å². The lowest BCUT2D eigenvalue weighted by Crippen LogP contribution is -2.68. The molecule has 4 rings (SSSR count). The van der Waals surface area contributed by atoms with Crippen LogP contribution in [0.4, 0.5) is 0 Å². The summed E-state index contributed by atoms with van der Waals surface area (Å²) in [4.78, 5) is 0. The van der Waals surface area contributed by atoms with Crippen LogP contribution in [-0.2, 0) is 0 Å². The van der Waals surface area contributed by atoms with Gasteiger partial charge in [-0.3, -0.25) is 0 Å². The van der Waals surface area contributed by atoms with Gasteiger partial charge in [-0.2, -0.15) is 0 Å². The molecule has 0 aromatic heterocycles. The van der Waals surface area contributed by atoms with Gasteiger partial charge >= 0.3 is 0 Å². The van der Waals surface area contributed by atoms with Crippen LogP contribution in [0.2, 0.25) is 0 Å². The standard InChI is InChI=1S/C15H24O2/c1-8(2)10-4-5-15(3)13-9(7-16)6-11(17)14(15)12(10)13/h6,8,10-14,16-17H,4-5,7H2,1-3H3. The van der Waals surface area contributed by atoms with Crippen molar-refractivity contribution in [2.75, 3.05) is 6.61 Å². The first kappa shape index (κ1) is 11.7. The second-order valence-electron chi connectivity index (χ2n) is 6.92.